The van der Waals surface area contributed by atoms with Crippen molar-refractivity contribution in [3.8, 4) is 0 Å². The molecule has 1 heterocycles. The van der Waals surface area contributed by atoms with Gasteiger partial charge in [-0.05, 0) is 44.2 Å². The Labute approximate surface area is 107 Å². The number of hydrogen-bond donors (Lipinski definition) is 1. The highest BCUT2D eigenvalue weighted by molar-refractivity contribution is 4.77. The third-order valence-electron chi connectivity index (χ3n) is 3.48. The maximum Gasteiger partial charge on any atom is 0.0702 e. The fraction of sp³-hybridized carbons (Fsp3) is 1.00. The van der Waals surface area contributed by atoms with Crippen molar-refractivity contribution in [2.75, 3.05) is 32.8 Å². The van der Waals surface area contributed by atoms with Crippen molar-refractivity contribution in [2.45, 2.75) is 52.6 Å². The molecule has 0 radical (unpaired) electrons. The Morgan fingerprint density at radius 2 is 2.12 bits per heavy atom. The lowest BCUT2D eigenvalue weighted by atomic mass is 9.92. The van der Waals surface area contributed by atoms with Crippen LogP contribution in [0, 0.1) is 5.41 Å². The summed E-state index contributed by atoms with van der Waals surface area (Å²) in [5, 5.41) is 0. The minimum Gasteiger partial charge on any atom is -0.377 e. The molecule has 1 rings (SSSR count). The van der Waals surface area contributed by atoms with Gasteiger partial charge in [0.2, 0.25) is 0 Å². The van der Waals surface area contributed by atoms with Crippen molar-refractivity contribution in [1.82, 2.24) is 4.90 Å². The van der Waals surface area contributed by atoms with E-state index in [1.807, 2.05) is 0 Å². The van der Waals surface area contributed by atoms with Gasteiger partial charge in [0.05, 0.1) is 6.10 Å². The van der Waals surface area contributed by atoms with Gasteiger partial charge < -0.3 is 15.4 Å². The van der Waals surface area contributed by atoms with Crippen LogP contribution in [-0.2, 0) is 4.74 Å². The van der Waals surface area contributed by atoms with Crippen molar-refractivity contribution in [1.29, 1.82) is 0 Å². The first kappa shape index (κ1) is 14.9. The van der Waals surface area contributed by atoms with E-state index in [1.54, 1.807) is 0 Å². The molecule has 0 bridgehead atoms. The number of nitrogens with zero attached hydrogens (tertiary/aromatic N) is 1. The van der Waals surface area contributed by atoms with E-state index in [4.69, 9.17) is 10.5 Å². The van der Waals surface area contributed by atoms with E-state index in [-0.39, 0.29) is 5.41 Å². The van der Waals surface area contributed by atoms with Gasteiger partial charge in [0.15, 0.2) is 0 Å². The summed E-state index contributed by atoms with van der Waals surface area (Å²) in [4.78, 5) is 2.53. The normalized spacial score (nSPS) is 22.1. The van der Waals surface area contributed by atoms with Gasteiger partial charge in [0.1, 0.15) is 0 Å². The molecule has 0 saturated carbocycles. The molecule has 0 aliphatic carbocycles. The molecular formula is C14H30N2O. The molecule has 0 aromatic heterocycles. The molecule has 17 heavy (non-hydrogen) atoms. The Morgan fingerprint density at radius 1 is 1.35 bits per heavy atom. The minimum atomic E-state index is 0.212. The summed E-state index contributed by atoms with van der Waals surface area (Å²) in [6, 6.07) is 0. The summed E-state index contributed by atoms with van der Waals surface area (Å²) >= 11 is 0. The SMILES string of the molecule is CCCN(CC1CCCCO1)CC(C)(C)CN. The van der Waals surface area contributed by atoms with Crippen LogP contribution in [0.1, 0.15) is 46.5 Å². The maximum atomic E-state index is 5.83. The molecule has 0 spiro atoms. The van der Waals surface area contributed by atoms with Gasteiger partial charge in [0.25, 0.3) is 0 Å². The number of nitrogens with two attached hydrogens (primary N) is 1. The van der Waals surface area contributed by atoms with Crippen LogP contribution in [0.5, 0.6) is 0 Å². The maximum absolute atomic E-state index is 5.83. The van der Waals surface area contributed by atoms with Crippen LogP contribution in [0.15, 0.2) is 0 Å². The molecule has 1 atom stereocenters. The minimum absolute atomic E-state index is 0.212. The van der Waals surface area contributed by atoms with Crippen molar-refractivity contribution in [2.24, 2.45) is 11.1 Å². The van der Waals surface area contributed by atoms with E-state index in [2.05, 4.69) is 25.7 Å². The second-order valence-electron chi connectivity index (χ2n) is 6.09. The van der Waals surface area contributed by atoms with E-state index < -0.39 is 0 Å². The Bertz CT molecular complexity index is 200. The quantitative estimate of drug-likeness (QED) is 0.744. The number of ether oxygens (including phenoxy) is 1. The van der Waals surface area contributed by atoms with Crippen LogP contribution in [0.2, 0.25) is 0 Å². The molecule has 1 aliphatic heterocycles. The number of rotatable bonds is 7. The van der Waals surface area contributed by atoms with Crippen LogP contribution in [0.25, 0.3) is 0 Å². The molecule has 3 heteroatoms. The van der Waals surface area contributed by atoms with Crippen molar-refractivity contribution in [3.63, 3.8) is 0 Å². The van der Waals surface area contributed by atoms with Crippen LogP contribution < -0.4 is 5.73 Å². The lowest BCUT2D eigenvalue weighted by Gasteiger charge is -2.35. The first-order chi connectivity index (χ1) is 8.07. The lowest BCUT2D eigenvalue weighted by Crippen LogP contribution is -2.43. The van der Waals surface area contributed by atoms with Crippen molar-refractivity contribution >= 4 is 0 Å². The molecule has 0 amide bonds. The van der Waals surface area contributed by atoms with E-state index in [0.29, 0.717) is 6.10 Å². The van der Waals surface area contributed by atoms with Crippen LogP contribution >= 0.6 is 0 Å². The van der Waals surface area contributed by atoms with Gasteiger partial charge in [-0.25, -0.2) is 0 Å². The smallest absolute Gasteiger partial charge is 0.0702 e. The molecule has 0 aromatic rings. The van der Waals surface area contributed by atoms with Gasteiger partial charge in [-0.15, -0.1) is 0 Å². The summed E-state index contributed by atoms with van der Waals surface area (Å²) in [6.45, 7) is 11.8. The fourth-order valence-electron chi connectivity index (χ4n) is 2.46. The second kappa shape index (κ2) is 7.34. The van der Waals surface area contributed by atoms with Crippen LogP contribution in [0.4, 0.5) is 0 Å². The van der Waals surface area contributed by atoms with Crippen LogP contribution in [-0.4, -0.2) is 43.8 Å². The first-order valence-electron chi connectivity index (χ1n) is 7.11. The molecule has 102 valence electrons. The predicted octanol–water partition coefficient (Wildman–Crippen LogP) is 2.25. The topological polar surface area (TPSA) is 38.5 Å². The summed E-state index contributed by atoms with van der Waals surface area (Å²) < 4.78 is 5.83. The van der Waals surface area contributed by atoms with Crippen molar-refractivity contribution in [3.05, 3.63) is 0 Å². The summed E-state index contributed by atoms with van der Waals surface area (Å²) in [7, 11) is 0. The monoisotopic (exact) mass is 242 g/mol. The van der Waals surface area contributed by atoms with Crippen LogP contribution in [0.3, 0.4) is 0 Å². The highest BCUT2D eigenvalue weighted by Gasteiger charge is 2.23. The Balaban J connectivity index is 2.41. The molecule has 1 fully saturated rings. The van der Waals surface area contributed by atoms with Gasteiger partial charge >= 0.3 is 0 Å². The largest absolute Gasteiger partial charge is 0.377 e. The fourth-order valence-corrected chi connectivity index (χ4v) is 2.46. The van der Waals surface area contributed by atoms with Crippen molar-refractivity contribution < 1.29 is 4.74 Å². The average molecular weight is 242 g/mol. The van der Waals surface area contributed by atoms with E-state index in [0.717, 1.165) is 32.8 Å². The zero-order chi connectivity index (χ0) is 12.7. The van der Waals surface area contributed by atoms with E-state index >= 15 is 0 Å². The molecule has 0 aromatic carbocycles. The molecule has 1 unspecified atom stereocenters. The third-order valence-corrected chi connectivity index (χ3v) is 3.48. The summed E-state index contributed by atoms with van der Waals surface area (Å²) in [6.07, 6.45) is 5.43. The molecule has 3 nitrogen and oxygen atoms in total. The Hall–Kier alpha value is -0.120. The van der Waals surface area contributed by atoms with Gasteiger partial charge in [0, 0.05) is 19.7 Å². The second-order valence-corrected chi connectivity index (χ2v) is 6.09. The Morgan fingerprint density at radius 3 is 2.65 bits per heavy atom. The lowest BCUT2D eigenvalue weighted by molar-refractivity contribution is -0.0110. The standard InChI is InChI=1S/C14H30N2O/c1-4-8-16(12-14(2,3)11-15)10-13-7-5-6-9-17-13/h13H,4-12,15H2,1-3H3. The molecule has 1 aliphatic rings. The zero-order valence-electron chi connectivity index (χ0n) is 11.9. The Kier molecular flexibility index (Phi) is 6.45. The van der Waals surface area contributed by atoms with E-state index in [9.17, 15) is 0 Å². The highest BCUT2D eigenvalue weighted by atomic mass is 16.5. The predicted molar refractivity (Wildman–Crippen MR) is 73.2 cm³/mol. The molecular weight excluding hydrogens is 212 g/mol. The summed E-state index contributed by atoms with van der Waals surface area (Å²) in [5.41, 5.74) is 6.04. The first-order valence-corrected chi connectivity index (χ1v) is 7.11. The third kappa shape index (κ3) is 5.84. The molecule has 2 N–H and O–H groups in total. The van der Waals surface area contributed by atoms with Gasteiger partial charge in [-0.2, -0.15) is 0 Å². The van der Waals surface area contributed by atoms with Gasteiger partial charge in [-0.1, -0.05) is 20.8 Å². The number of hydrogen-bond acceptors (Lipinski definition) is 3. The zero-order valence-corrected chi connectivity index (χ0v) is 11.9. The van der Waals surface area contributed by atoms with E-state index in [1.165, 1.54) is 25.7 Å². The average Bonchev–Trinajstić information content (AvgIpc) is 2.30. The summed E-state index contributed by atoms with van der Waals surface area (Å²) in [5.74, 6) is 0. The highest BCUT2D eigenvalue weighted by Crippen LogP contribution is 2.18. The molecule has 1 saturated heterocycles. The van der Waals surface area contributed by atoms with Gasteiger partial charge in [-0.3, -0.25) is 0 Å².